The molecule has 0 aliphatic carbocycles. The van der Waals surface area contributed by atoms with E-state index in [0.717, 1.165) is 23.4 Å². The molecular weight excluding hydrogens is 414 g/mol. The summed E-state index contributed by atoms with van der Waals surface area (Å²) in [5, 5.41) is 0. The highest BCUT2D eigenvalue weighted by atomic mass is 19.1. The van der Waals surface area contributed by atoms with Crippen LogP contribution in [0.25, 0.3) is 0 Å². The first-order valence-electron chi connectivity index (χ1n) is 10.6. The van der Waals surface area contributed by atoms with Crippen molar-refractivity contribution in [3.63, 3.8) is 0 Å². The number of aryl methyl sites for hydroxylation is 1. The molecule has 166 valence electrons. The number of hydrogen-bond acceptors (Lipinski definition) is 3. The first-order valence-corrected chi connectivity index (χ1v) is 10.6. The summed E-state index contributed by atoms with van der Waals surface area (Å²) in [6.45, 7) is 2.96. The summed E-state index contributed by atoms with van der Waals surface area (Å²) in [7, 11) is 0. The number of furan rings is 1. The lowest BCUT2D eigenvalue weighted by Gasteiger charge is -2.34. The van der Waals surface area contributed by atoms with Gasteiger partial charge in [-0.05, 0) is 56.2 Å². The Kier molecular flexibility index (Phi) is 6.35. The van der Waals surface area contributed by atoms with Gasteiger partial charge in [0.2, 0.25) is 5.91 Å². The van der Waals surface area contributed by atoms with Crippen LogP contribution in [0.2, 0.25) is 0 Å². The topological polar surface area (TPSA) is 53.8 Å². The highest BCUT2D eigenvalue weighted by molar-refractivity contribution is 5.96. The Morgan fingerprint density at radius 2 is 1.78 bits per heavy atom. The minimum atomic E-state index is -0.878. The van der Waals surface area contributed by atoms with Gasteiger partial charge < -0.3 is 14.2 Å². The van der Waals surface area contributed by atoms with Crippen molar-refractivity contribution < 1.29 is 22.8 Å². The standard InChI is InChI=1S/C25H24F2N2O3/c1-17-4-7-20(8-5-17)29(16-21-3-2-14-32-21)24(30)18-10-12-28(13-11-18)25(31)22-9-6-19(26)15-23(22)27/h2-9,14-15,18H,10-13,16H2,1H3. The predicted octanol–water partition coefficient (Wildman–Crippen LogP) is 4.95. The maximum Gasteiger partial charge on any atom is 0.256 e. The molecule has 32 heavy (non-hydrogen) atoms. The van der Waals surface area contributed by atoms with Gasteiger partial charge in [-0.15, -0.1) is 0 Å². The Morgan fingerprint density at radius 1 is 1.06 bits per heavy atom. The van der Waals surface area contributed by atoms with Gasteiger partial charge in [0.25, 0.3) is 5.91 Å². The summed E-state index contributed by atoms with van der Waals surface area (Å²) in [6, 6.07) is 14.3. The van der Waals surface area contributed by atoms with Crippen molar-refractivity contribution in [1.82, 2.24) is 4.90 Å². The van der Waals surface area contributed by atoms with E-state index in [4.69, 9.17) is 4.42 Å². The molecule has 0 bridgehead atoms. The van der Waals surface area contributed by atoms with Crippen LogP contribution in [0.3, 0.4) is 0 Å². The molecule has 1 aliphatic rings. The van der Waals surface area contributed by atoms with Crippen LogP contribution in [0.1, 0.15) is 34.5 Å². The second-order valence-electron chi connectivity index (χ2n) is 8.03. The Balaban J connectivity index is 1.46. The number of benzene rings is 2. The van der Waals surface area contributed by atoms with Crippen LogP contribution < -0.4 is 4.90 Å². The first-order chi connectivity index (χ1) is 15.4. The van der Waals surface area contributed by atoms with Crippen LogP contribution >= 0.6 is 0 Å². The lowest BCUT2D eigenvalue weighted by molar-refractivity contribution is -0.123. The van der Waals surface area contributed by atoms with Crippen LogP contribution in [0.4, 0.5) is 14.5 Å². The average Bonchev–Trinajstić information content (AvgIpc) is 3.31. The zero-order valence-corrected chi connectivity index (χ0v) is 17.8. The van der Waals surface area contributed by atoms with E-state index in [1.165, 1.54) is 4.90 Å². The lowest BCUT2D eigenvalue weighted by Crippen LogP contribution is -2.44. The number of hydrogen-bond donors (Lipinski definition) is 0. The van der Waals surface area contributed by atoms with E-state index in [2.05, 4.69) is 0 Å². The van der Waals surface area contributed by atoms with E-state index >= 15 is 0 Å². The second kappa shape index (κ2) is 9.34. The Hall–Kier alpha value is -3.48. The number of carbonyl (C=O) groups is 2. The van der Waals surface area contributed by atoms with E-state index in [-0.39, 0.29) is 17.4 Å². The molecule has 0 saturated carbocycles. The molecular formula is C25H24F2N2O3. The number of piperidine rings is 1. The minimum Gasteiger partial charge on any atom is -0.467 e. The maximum absolute atomic E-state index is 14.0. The van der Waals surface area contributed by atoms with Gasteiger partial charge >= 0.3 is 0 Å². The Labute approximate surface area is 185 Å². The van der Waals surface area contributed by atoms with Crippen LogP contribution in [0, 0.1) is 24.5 Å². The molecule has 3 aromatic rings. The zero-order valence-electron chi connectivity index (χ0n) is 17.8. The number of halogens is 2. The third-order valence-corrected chi connectivity index (χ3v) is 5.80. The van der Waals surface area contributed by atoms with Crippen LogP contribution in [-0.2, 0) is 11.3 Å². The second-order valence-corrected chi connectivity index (χ2v) is 8.03. The van der Waals surface area contributed by atoms with Crippen molar-refractivity contribution in [2.75, 3.05) is 18.0 Å². The van der Waals surface area contributed by atoms with Gasteiger partial charge in [-0.2, -0.15) is 0 Å². The molecule has 1 saturated heterocycles. The summed E-state index contributed by atoms with van der Waals surface area (Å²) in [5.74, 6) is -1.72. The summed E-state index contributed by atoms with van der Waals surface area (Å²) in [5.41, 5.74) is 1.72. The molecule has 0 radical (unpaired) electrons. The molecule has 1 aliphatic heterocycles. The summed E-state index contributed by atoms with van der Waals surface area (Å²) in [4.78, 5) is 29.3. The van der Waals surface area contributed by atoms with Crippen molar-refractivity contribution in [2.45, 2.75) is 26.3 Å². The normalized spacial score (nSPS) is 14.4. The fraction of sp³-hybridized carbons (Fsp3) is 0.280. The quantitative estimate of drug-likeness (QED) is 0.566. The van der Waals surface area contributed by atoms with E-state index in [1.807, 2.05) is 37.3 Å². The highest BCUT2D eigenvalue weighted by Gasteiger charge is 2.32. The van der Waals surface area contributed by atoms with Crippen molar-refractivity contribution in [3.8, 4) is 0 Å². The molecule has 0 atom stereocenters. The van der Waals surface area contributed by atoms with Crippen LogP contribution in [0.5, 0.6) is 0 Å². The smallest absolute Gasteiger partial charge is 0.256 e. The fourth-order valence-electron chi connectivity index (χ4n) is 3.96. The van der Waals surface area contributed by atoms with Crippen LogP contribution in [0.15, 0.2) is 65.3 Å². The fourth-order valence-corrected chi connectivity index (χ4v) is 3.96. The highest BCUT2D eigenvalue weighted by Crippen LogP contribution is 2.27. The predicted molar refractivity (Wildman–Crippen MR) is 116 cm³/mol. The Morgan fingerprint density at radius 3 is 2.41 bits per heavy atom. The van der Waals surface area contributed by atoms with Gasteiger partial charge in [0.1, 0.15) is 17.4 Å². The average molecular weight is 438 g/mol. The third kappa shape index (κ3) is 4.72. The molecule has 2 heterocycles. The van der Waals surface area contributed by atoms with E-state index in [9.17, 15) is 18.4 Å². The van der Waals surface area contributed by atoms with E-state index in [0.29, 0.717) is 44.3 Å². The SMILES string of the molecule is Cc1ccc(N(Cc2ccco2)C(=O)C2CCN(C(=O)c3ccc(F)cc3F)CC2)cc1. The molecule has 2 amide bonds. The summed E-state index contributed by atoms with van der Waals surface area (Å²) >= 11 is 0. The monoisotopic (exact) mass is 438 g/mol. The zero-order chi connectivity index (χ0) is 22.7. The largest absolute Gasteiger partial charge is 0.467 e. The Bertz CT molecular complexity index is 1090. The third-order valence-electron chi connectivity index (χ3n) is 5.80. The van der Waals surface area contributed by atoms with E-state index < -0.39 is 17.5 Å². The number of likely N-dealkylation sites (tertiary alicyclic amines) is 1. The minimum absolute atomic E-state index is 0.0367. The molecule has 1 fully saturated rings. The number of rotatable bonds is 5. The molecule has 0 spiro atoms. The van der Waals surface area contributed by atoms with Crippen LogP contribution in [-0.4, -0.2) is 29.8 Å². The van der Waals surface area contributed by atoms with Crippen molar-refractivity contribution in [1.29, 1.82) is 0 Å². The number of carbonyl (C=O) groups excluding carboxylic acids is 2. The van der Waals surface area contributed by atoms with Crippen molar-refractivity contribution >= 4 is 17.5 Å². The van der Waals surface area contributed by atoms with Gasteiger partial charge in [0.15, 0.2) is 0 Å². The summed E-state index contributed by atoms with van der Waals surface area (Å²) < 4.78 is 32.6. The number of nitrogens with zero attached hydrogens (tertiary/aromatic N) is 2. The molecule has 1 aromatic heterocycles. The molecule has 0 N–H and O–H groups in total. The molecule has 4 rings (SSSR count). The molecule has 5 nitrogen and oxygen atoms in total. The molecule has 2 aromatic carbocycles. The van der Waals surface area contributed by atoms with E-state index in [1.54, 1.807) is 17.2 Å². The van der Waals surface area contributed by atoms with Crippen molar-refractivity contribution in [2.24, 2.45) is 5.92 Å². The lowest BCUT2D eigenvalue weighted by atomic mass is 9.94. The van der Waals surface area contributed by atoms with Gasteiger partial charge in [0, 0.05) is 30.8 Å². The first kappa shape index (κ1) is 21.7. The van der Waals surface area contributed by atoms with Gasteiger partial charge in [0.05, 0.1) is 18.4 Å². The van der Waals surface area contributed by atoms with Gasteiger partial charge in [-0.1, -0.05) is 17.7 Å². The summed E-state index contributed by atoms with van der Waals surface area (Å²) in [6.07, 6.45) is 2.51. The van der Waals surface area contributed by atoms with Gasteiger partial charge in [-0.25, -0.2) is 8.78 Å². The number of amides is 2. The number of anilines is 1. The molecule has 7 heteroatoms. The maximum atomic E-state index is 14.0. The molecule has 0 unspecified atom stereocenters. The van der Waals surface area contributed by atoms with Gasteiger partial charge in [-0.3, -0.25) is 9.59 Å². The van der Waals surface area contributed by atoms with Crippen molar-refractivity contribution in [3.05, 3.63) is 89.4 Å².